The van der Waals surface area contributed by atoms with E-state index in [0.29, 0.717) is 19.1 Å². The van der Waals surface area contributed by atoms with Crippen LogP contribution in [0.4, 0.5) is 5.69 Å². The van der Waals surface area contributed by atoms with Crippen molar-refractivity contribution >= 4 is 11.6 Å². The molecule has 1 heterocycles. The van der Waals surface area contributed by atoms with Gasteiger partial charge in [0, 0.05) is 12.7 Å². The fourth-order valence-electron chi connectivity index (χ4n) is 2.36. The molecule has 0 radical (unpaired) electrons. The molecule has 0 saturated heterocycles. The van der Waals surface area contributed by atoms with Crippen LogP contribution in [0.25, 0.3) is 0 Å². The van der Waals surface area contributed by atoms with Crippen molar-refractivity contribution < 1.29 is 9.47 Å². The first-order chi connectivity index (χ1) is 13.3. The Morgan fingerprint density at radius 1 is 1.11 bits per heavy atom. The summed E-state index contributed by atoms with van der Waals surface area (Å²) in [5.41, 5.74) is 0.787. The van der Waals surface area contributed by atoms with Gasteiger partial charge in [-0.15, -0.1) is 0 Å². The van der Waals surface area contributed by atoms with E-state index in [4.69, 9.17) is 14.7 Å². The van der Waals surface area contributed by atoms with Gasteiger partial charge in [-0.1, -0.05) is 6.42 Å². The van der Waals surface area contributed by atoms with Crippen molar-refractivity contribution in [1.82, 2.24) is 10.3 Å². The molecule has 0 saturated carbocycles. The molecule has 27 heavy (non-hydrogen) atoms. The summed E-state index contributed by atoms with van der Waals surface area (Å²) in [6.07, 6.45) is 9.34. The number of aromatic nitrogens is 1. The van der Waals surface area contributed by atoms with E-state index < -0.39 is 0 Å². The molecule has 1 aromatic heterocycles. The number of unbranched alkanes of at least 4 members (excludes halogenated alkanes) is 3. The Bertz CT molecular complexity index is 726. The second kappa shape index (κ2) is 12.1. The summed E-state index contributed by atoms with van der Waals surface area (Å²) < 4.78 is 10.8. The molecule has 0 aliphatic heterocycles. The van der Waals surface area contributed by atoms with Crippen LogP contribution < -0.4 is 20.1 Å². The third-order valence-corrected chi connectivity index (χ3v) is 3.75. The molecular weight excluding hydrogens is 342 g/mol. The van der Waals surface area contributed by atoms with Gasteiger partial charge >= 0.3 is 0 Å². The van der Waals surface area contributed by atoms with E-state index in [9.17, 15) is 0 Å². The number of guanidine groups is 1. The molecule has 2 aromatic rings. The molecule has 0 bridgehead atoms. The summed E-state index contributed by atoms with van der Waals surface area (Å²) >= 11 is 0. The zero-order valence-electron chi connectivity index (χ0n) is 15.5. The fourth-order valence-corrected chi connectivity index (χ4v) is 2.36. The summed E-state index contributed by atoms with van der Waals surface area (Å²) in [5.74, 6) is 2.12. The van der Waals surface area contributed by atoms with Gasteiger partial charge in [0.1, 0.15) is 11.5 Å². The number of methoxy groups -OCH3 is 1. The maximum atomic E-state index is 8.82. The average molecular weight is 367 g/mol. The Morgan fingerprint density at radius 3 is 2.59 bits per heavy atom. The number of anilines is 1. The van der Waals surface area contributed by atoms with Gasteiger partial charge in [-0.3, -0.25) is 15.3 Å². The Balaban J connectivity index is 1.59. The van der Waals surface area contributed by atoms with Crippen LogP contribution >= 0.6 is 0 Å². The molecule has 1 aromatic carbocycles. The quantitative estimate of drug-likeness (QED) is 0.219. The molecule has 0 unspecified atom stereocenters. The summed E-state index contributed by atoms with van der Waals surface area (Å²) in [6.45, 7) is 1.34. The molecule has 0 spiro atoms. The van der Waals surface area contributed by atoms with Crippen molar-refractivity contribution in [2.75, 3.05) is 25.6 Å². The third-order valence-electron chi connectivity index (χ3n) is 3.75. The van der Waals surface area contributed by atoms with Crippen LogP contribution in [-0.4, -0.2) is 31.2 Å². The molecule has 2 N–H and O–H groups in total. The maximum absolute atomic E-state index is 8.82. The predicted molar refractivity (Wildman–Crippen MR) is 106 cm³/mol. The number of rotatable bonds is 10. The van der Waals surface area contributed by atoms with E-state index in [1.54, 1.807) is 19.5 Å². The first-order valence-corrected chi connectivity index (χ1v) is 8.95. The van der Waals surface area contributed by atoms with Gasteiger partial charge in [0.15, 0.2) is 6.19 Å². The van der Waals surface area contributed by atoms with Crippen LogP contribution in [-0.2, 0) is 0 Å². The normalized spacial score (nSPS) is 10.7. The highest BCUT2D eigenvalue weighted by atomic mass is 16.5. The molecule has 142 valence electrons. The Labute approximate surface area is 160 Å². The number of benzene rings is 1. The van der Waals surface area contributed by atoms with Gasteiger partial charge in [0.25, 0.3) is 0 Å². The van der Waals surface area contributed by atoms with Crippen LogP contribution in [0.3, 0.4) is 0 Å². The first kappa shape index (κ1) is 20.0. The molecule has 0 amide bonds. The Kier molecular flexibility index (Phi) is 9.02. The molecular formula is C20H25N5O2. The predicted octanol–water partition coefficient (Wildman–Crippen LogP) is 3.57. The average Bonchev–Trinajstić information content (AvgIpc) is 2.71. The van der Waals surface area contributed by atoms with Crippen molar-refractivity contribution in [1.29, 1.82) is 5.26 Å². The minimum Gasteiger partial charge on any atom is -0.497 e. The zero-order valence-corrected chi connectivity index (χ0v) is 15.5. The second-order valence-electron chi connectivity index (χ2n) is 5.77. The van der Waals surface area contributed by atoms with Crippen LogP contribution in [0, 0.1) is 11.5 Å². The van der Waals surface area contributed by atoms with Crippen molar-refractivity contribution in [3.63, 3.8) is 0 Å². The van der Waals surface area contributed by atoms with Gasteiger partial charge in [0.05, 0.1) is 25.6 Å². The molecule has 0 aliphatic carbocycles. The standard InChI is InChI=1S/C20H25N5O2/c1-26-18-8-10-19(11-9-18)27-14-5-3-2-4-13-23-20(24-16-21)25-17-7-6-12-22-15-17/h6-12,15H,2-5,13-14H2,1H3,(H2,23,24,25). The van der Waals surface area contributed by atoms with Gasteiger partial charge in [-0.25, -0.2) is 0 Å². The van der Waals surface area contributed by atoms with Gasteiger partial charge < -0.3 is 14.8 Å². The number of hydrogen-bond acceptors (Lipinski definition) is 5. The summed E-state index contributed by atoms with van der Waals surface area (Å²) in [4.78, 5) is 8.41. The summed E-state index contributed by atoms with van der Waals surface area (Å²) in [7, 11) is 1.65. The minimum absolute atomic E-state index is 0.438. The second-order valence-corrected chi connectivity index (χ2v) is 5.77. The highest BCUT2D eigenvalue weighted by Gasteiger charge is 1.99. The van der Waals surface area contributed by atoms with E-state index in [2.05, 4.69) is 20.6 Å². The van der Waals surface area contributed by atoms with Crippen molar-refractivity contribution in [3.05, 3.63) is 48.8 Å². The lowest BCUT2D eigenvalue weighted by atomic mass is 10.2. The van der Waals surface area contributed by atoms with Gasteiger partial charge in [0.2, 0.25) is 5.96 Å². The fraction of sp³-hybridized carbons (Fsp3) is 0.350. The van der Waals surface area contributed by atoms with E-state index in [1.807, 2.05) is 42.6 Å². The van der Waals surface area contributed by atoms with Crippen molar-refractivity contribution in [2.45, 2.75) is 25.7 Å². The maximum Gasteiger partial charge on any atom is 0.209 e. The number of nitrogens with one attached hydrogen (secondary N) is 2. The molecule has 2 rings (SSSR count). The van der Waals surface area contributed by atoms with E-state index >= 15 is 0 Å². The van der Waals surface area contributed by atoms with Crippen LogP contribution in [0.1, 0.15) is 25.7 Å². The van der Waals surface area contributed by atoms with Crippen LogP contribution in [0.15, 0.2) is 53.8 Å². The van der Waals surface area contributed by atoms with Crippen LogP contribution in [0.5, 0.6) is 11.5 Å². The SMILES string of the molecule is COc1ccc(OCCCCCCN=C(NC#N)Nc2cccnc2)cc1. The van der Waals surface area contributed by atoms with E-state index in [0.717, 1.165) is 42.9 Å². The van der Waals surface area contributed by atoms with Gasteiger partial charge in [-0.05, 0) is 55.7 Å². The molecule has 0 aliphatic rings. The third kappa shape index (κ3) is 8.10. The van der Waals surface area contributed by atoms with Crippen LogP contribution in [0.2, 0.25) is 0 Å². The first-order valence-electron chi connectivity index (χ1n) is 8.95. The minimum atomic E-state index is 0.438. The lowest BCUT2D eigenvalue weighted by molar-refractivity contribution is 0.304. The van der Waals surface area contributed by atoms with Crippen molar-refractivity contribution in [3.8, 4) is 17.7 Å². The van der Waals surface area contributed by atoms with E-state index in [1.165, 1.54) is 0 Å². The number of pyridine rings is 1. The summed E-state index contributed by atoms with van der Waals surface area (Å²) in [5, 5.41) is 14.4. The van der Waals surface area contributed by atoms with Crippen molar-refractivity contribution in [2.24, 2.45) is 4.99 Å². The lowest BCUT2D eigenvalue weighted by Crippen LogP contribution is -2.27. The lowest BCUT2D eigenvalue weighted by Gasteiger charge is -2.08. The molecule has 7 nitrogen and oxygen atoms in total. The number of ether oxygens (including phenoxy) is 2. The highest BCUT2D eigenvalue weighted by Crippen LogP contribution is 2.17. The molecule has 0 atom stereocenters. The largest absolute Gasteiger partial charge is 0.497 e. The Hall–Kier alpha value is -3.27. The zero-order chi connectivity index (χ0) is 19.2. The van der Waals surface area contributed by atoms with Gasteiger partial charge in [-0.2, -0.15) is 5.26 Å². The number of hydrogen-bond donors (Lipinski definition) is 2. The Morgan fingerprint density at radius 2 is 1.89 bits per heavy atom. The highest BCUT2D eigenvalue weighted by molar-refractivity contribution is 5.94. The smallest absolute Gasteiger partial charge is 0.209 e. The monoisotopic (exact) mass is 367 g/mol. The topological polar surface area (TPSA) is 91.6 Å². The summed E-state index contributed by atoms with van der Waals surface area (Å²) in [6, 6.07) is 11.3. The number of aliphatic imine (C=N–C) groups is 1. The van der Waals surface area contributed by atoms with E-state index in [-0.39, 0.29) is 0 Å². The molecule has 0 fully saturated rings. The molecule has 7 heteroatoms. The number of nitriles is 1. The number of nitrogens with zero attached hydrogens (tertiary/aromatic N) is 3.